The number of rotatable bonds is 1. The SMILES string of the molecule is Nc1ccc(Cl)c(F)c1N1CCS(=O)(=O)CC1. The first kappa shape index (κ1) is 12.4. The van der Waals surface area contributed by atoms with E-state index in [0.29, 0.717) is 0 Å². The Balaban J connectivity index is 2.33. The minimum absolute atomic E-state index is 0.0115. The Hall–Kier alpha value is -1.01. The fourth-order valence-electron chi connectivity index (χ4n) is 1.81. The molecule has 1 aliphatic rings. The zero-order valence-corrected chi connectivity index (χ0v) is 10.6. The summed E-state index contributed by atoms with van der Waals surface area (Å²) >= 11 is 5.69. The zero-order valence-electron chi connectivity index (χ0n) is 8.99. The minimum Gasteiger partial charge on any atom is -0.397 e. The van der Waals surface area contributed by atoms with Gasteiger partial charge in [-0.2, -0.15) is 0 Å². The summed E-state index contributed by atoms with van der Waals surface area (Å²) in [7, 11) is -3.00. The maximum absolute atomic E-state index is 13.8. The van der Waals surface area contributed by atoms with E-state index in [0.717, 1.165) is 0 Å². The molecule has 0 radical (unpaired) electrons. The number of nitrogen functional groups attached to an aromatic ring is 1. The molecule has 2 rings (SSSR count). The van der Waals surface area contributed by atoms with Crippen LogP contribution in [0.5, 0.6) is 0 Å². The van der Waals surface area contributed by atoms with Gasteiger partial charge >= 0.3 is 0 Å². The fraction of sp³-hybridized carbons (Fsp3) is 0.400. The molecule has 17 heavy (non-hydrogen) atoms. The second-order valence-electron chi connectivity index (χ2n) is 3.94. The number of halogens is 2. The van der Waals surface area contributed by atoms with E-state index < -0.39 is 15.7 Å². The Kier molecular flexibility index (Phi) is 3.18. The number of anilines is 2. The fourth-order valence-corrected chi connectivity index (χ4v) is 3.17. The third kappa shape index (κ3) is 2.47. The molecule has 2 N–H and O–H groups in total. The van der Waals surface area contributed by atoms with E-state index in [9.17, 15) is 12.8 Å². The summed E-state index contributed by atoms with van der Waals surface area (Å²) in [5.41, 5.74) is 6.17. The van der Waals surface area contributed by atoms with Gasteiger partial charge in [0.25, 0.3) is 0 Å². The van der Waals surface area contributed by atoms with Crippen LogP contribution in [-0.2, 0) is 9.84 Å². The summed E-state index contributed by atoms with van der Waals surface area (Å²) in [5, 5.41) is -0.0115. The third-order valence-corrected chi connectivity index (χ3v) is 4.66. The molecule has 4 nitrogen and oxygen atoms in total. The molecule has 94 valence electrons. The Morgan fingerprint density at radius 3 is 2.47 bits per heavy atom. The van der Waals surface area contributed by atoms with Crippen LogP contribution in [0.15, 0.2) is 12.1 Å². The normalized spacial score (nSPS) is 19.3. The van der Waals surface area contributed by atoms with Crippen LogP contribution in [0.2, 0.25) is 5.02 Å². The quantitative estimate of drug-likeness (QED) is 0.787. The van der Waals surface area contributed by atoms with Crippen molar-refractivity contribution in [2.75, 3.05) is 35.2 Å². The summed E-state index contributed by atoms with van der Waals surface area (Å²) in [5.74, 6) is -0.567. The predicted molar refractivity (Wildman–Crippen MR) is 66.7 cm³/mol. The number of sulfone groups is 1. The van der Waals surface area contributed by atoms with Gasteiger partial charge in [0, 0.05) is 13.1 Å². The molecule has 0 aliphatic carbocycles. The van der Waals surface area contributed by atoms with Crippen molar-refractivity contribution in [2.45, 2.75) is 0 Å². The van der Waals surface area contributed by atoms with Gasteiger partial charge in [0.05, 0.1) is 27.9 Å². The predicted octanol–water partition coefficient (Wildman–Crippen LogP) is 1.30. The van der Waals surface area contributed by atoms with Crippen LogP contribution < -0.4 is 10.6 Å². The Labute approximate surface area is 104 Å². The lowest BCUT2D eigenvalue weighted by molar-refractivity contribution is 0.582. The van der Waals surface area contributed by atoms with Crippen molar-refractivity contribution in [1.29, 1.82) is 0 Å². The Morgan fingerprint density at radius 1 is 1.29 bits per heavy atom. The van der Waals surface area contributed by atoms with Crippen LogP contribution >= 0.6 is 11.6 Å². The summed E-state index contributed by atoms with van der Waals surface area (Å²) in [6.07, 6.45) is 0. The van der Waals surface area contributed by atoms with Gasteiger partial charge in [-0.3, -0.25) is 0 Å². The highest BCUT2D eigenvalue weighted by molar-refractivity contribution is 7.91. The minimum atomic E-state index is -3.00. The first-order valence-corrected chi connectivity index (χ1v) is 7.29. The van der Waals surface area contributed by atoms with E-state index in [4.69, 9.17) is 17.3 Å². The highest BCUT2D eigenvalue weighted by Crippen LogP contribution is 2.32. The monoisotopic (exact) mass is 278 g/mol. The molecule has 0 bridgehead atoms. The van der Waals surface area contributed by atoms with Gasteiger partial charge in [-0.05, 0) is 12.1 Å². The molecule has 1 saturated heterocycles. The lowest BCUT2D eigenvalue weighted by Crippen LogP contribution is -2.41. The van der Waals surface area contributed by atoms with Crippen LogP contribution in [0.25, 0.3) is 0 Å². The molecular weight excluding hydrogens is 267 g/mol. The molecule has 1 aromatic carbocycles. The molecule has 1 aliphatic heterocycles. The average Bonchev–Trinajstić information content (AvgIpc) is 2.26. The molecule has 1 aromatic rings. The number of hydrogen-bond donors (Lipinski definition) is 1. The van der Waals surface area contributed by atoms with E-state index in [-0.39, 0.29) is 41.0 Å². The van der Waals surface area contributed by atoms with Crippen molar-refractivity contribution in [3.8, 4) is 0 Å². The van der Waals surface area contributed by atoms with Gasteiger partial charge < -0.3 is 10.6 Å². The van der Waals surface area contributed by atoms with Crippen LogP contribution in [0, 0.1) is 5.82 Å². The van der Waals surface area contributed by atoms with Crippen LogP contribution in [-0.4, -0.2) is 33.0 Å². The second-order valence-corrected chi connectivity index (χ2v) is 6.65. The van der Waals surface area contributed by atoms with Crippen molar-refractivity contribution in [1.82, 2.24) is 0 Å². The van der Waals surface area contributed by atoms with Crippen molar-refractivity contribution in [3.63, 3.8) is 0 Å². The molecule has 1 heterocycles. The first-order valence-electron chi connectivity index (χ1n) is 5.09. The van der Waals surface area contributed by atoms with E-state index >= 15 is 0 Å². The molecule has 0 saturated carbocycles. The average molecular weight is 279 g/mol. The van der Waals surface area contributed by atoms with Crippen molar-refractivity contribution < 1.29 is 12.8 Å². The van der Waals surface area contributed by atoms with Crippen LogP contribution in [0.1, 0.15) is 0 Å². The molecule has 0 aromatic heterocycles. The Morgan fingerprint density at radius 2 is 1.88 bits per heavy atom. The van der Waals surface area contributed by atoms with Gasteiger partial charge in [-0.15, -0.1) is 0 Å². The largest absolute Gasteiger partial charge is 0.397 e. The molecule has 1 fully saturated rings. The van der Waals surface area contributed by atoms with Gasteiger partial charge in [-0.25, -0.2) is 12.8 Å². The van der Waals surface area contributed by atoms with Crippen molar-refractivity contribution >= 4 is 32.8 Å². The first-order chi connectivity index (χ1) is 7.91. The maximum Gasteiger partial charge on any atom is 0.167 e. The van der Waals surface area contributed by atoms with E-state index in [1.165, 1.54) is 12.1 Å². The van der Waals surface area contributed by atoms with E-state index in [2.05, 4.69) is 0 Å². The molecule has 0 unspecified atom stereocenters. The zero-order chi connectivity index (χ0) is 12.6. The number of nitrogens with two attached hydrogens (primary N) is 1. The molecule has 7 heteroatoms. The second kappa shape index (κ2) is 4.34. The maximum atomic E-state index is 13.8. The lowest BCUT2D eigenvalue weighted by atomic mass is 10.2. The summed E-state index contributed by atoms with van der Waals surface area (Å²) < 4.78 is 36.4. The van der Waals surface area contributed by atoms with Gasteiger partial charge in [-0.1, -0.05) is 11.6 Å². The van der Waals surface area contributed by atoms with E-state index in [1.54, 1.807) is 4.90 Å². The highest BCUT2D eigenvalue weighted by Gasteiger charge is 2.25. The van der Waals surface area contributed by atoms with Crippen LogP contribution in [0.4, 0.5) is 15.8 Å². The summed E-state index contributed by atoms with van der Waals surface area (Å²) in [6, 6.07) is 2.90. The number of benzene rings is 1. The number of nitrogens with zero attached hydrogens (tertiary/aromatic N) is 1. The molecule has 0 atom stereocenters. The standard InChI is InChI=1S/C10H12ClFN2O2S/c11-7-1-2-8(13)10(9(7)12)14-3-5-17(15,16)6-4-14/h1-2H,3-6,13H2. The third-order valence-electron chi connectivity index (χ3n) is 2.76. The lowest BCUT2D eigenvalue weighted by Gasteiger charge is -2.30. The van der Waals surface area contributed by atoms with Crippen LogP contribution in [0.3, 0.4) is 0 Å². The number of hydrogen-bond acceptors (Lipinski definition) is 4. The summed E-state index contributed by atoms with van der Waals surface area (Å²) in [4.78, 5) is 1.62. The van der Waals surface area contributed by atoms with Gasteiger partial charge in [0.1, 0.15) is 0 Å². The Bertz CT molecular complexity index is 533. The molecule has 0 spiro atoms. The van der Waals surface area contributed by atoms with Gasteiger partial charge in [0.15, 0.2) is 15.7 Å². The van der Waals surface area contributed by atoms with Crippen molar-refractivity contribution in [3.05, 3.63) is 23.0 Å². The summed E-state index contributed by atoms with van der Waals surface area (Å²) in [6.45, 7) is 0.480. The molecular formula is C10H12ClFN2O2S. The smallest absolute Gasteiger partial charge is 0.167 e. The molecule has 0 amide bonds. The highest BCUT2D eigenvalue weighted by atomic mass is 35.5. The van der Waals surface area contributed by atoms with Crippen molar-refractivity contribution in [2.24, 2.45) is 0 Å². The van der Waals surface area contributed by atoms with E-state index in [1.807, 2.05) is 0 Å². The van der Waals surface area contributed by atoms with Gasteiger partial charge in [0.2, 0.25) is 0 Å². The topological polar surface area (TPSA) is 63.4 Å².